The number of halogens is 2. The molecule has 1 aliphatic heterocycles. The van der Waals surface area contributed by atoms with Gasteiger partial charge in [0.2, 0.25) is 0 Å². The van der Waals surface area contributed by atoms with Gasteiger partial charge in [-0.1, -0.05) is 27.5 Å². The SMILES string of the molecule is CN(C1CCOC1)C(CN)c1cc(Cl)ccc1Br. The first-order valence-corrected chi connectivity index (χ1v) is 7.25. The molecule has 3 nitrogen and oxygen atoms in total. The predicted octanol–water partition coefficient (Wildman–Crippen LogP) is 2.82. The molecule has 1 aromatic carbocycles. The average molecular weight is 334 g/mol. The van der Waals surface area contributed by atoms with Crippen molar-refractivity contribution in [1.82, 2.24) is 4.90 Å². The summed E-state index contributed by atoms with van der Waals surface area (Å²) in [6, 6.07) is 6.42. The maximum atomic E-state index is 6.08. The molecule has 0 spiro atoms. The lowest BCUT2D eigenvalue weighted by atomic mass is 10.0. The van der Waals surface area contributed by atoms with Gasteiger partial charge in [0.1, 0.15) is 0 Å². The summed E-state index contributed by atoms with van der Waals surface area (Å²) >= 11 is 9.65. The molecule has 2 unspecified atom stereocenters. The Morgan fingerprint density at radius 3 is 3.00 bits per heavy atom. The second-order valence-electron chi connectivity index (χ2n) is 4.60. The Balaban J connectivity index is 2.23. The summed E-state index contributed by atoms with van der Waals surface area (Å²) in [6.07, 6.45) is 1.06. The van der Waals surface area contributed by atoms with Crippen molar-refractivity contribution in [1.29, 1.82) is 0 Å². The Kier molecular flexibility index (Phi) is 5.04. The van der Waals surface area contributed by atoms with E-state index < -0.39 is 0 Å². The van der Waals surface area contributed by atoms with Crippen LogP contribution in [0, 0.1) is 0 Å². The second-order valence-corrected chi connectivity index (χ2v) is 5.89. The van der Waals surface area contributed by atoms with Crippen molar-refractivity contribution in [2.45, 2.75) is 18.5 Å². The van der Waals surface area contributed by atoms with Gasteiger partial charge < -0.3 is 10.5 Å². The lowest BCUT2D eigenvalue weighted by Crippen LogP contribution is -2.39. The van der Waals surface area contributed by atoms with Crippen LogP contribution in [-0.4, -0.2) is 37.7 Å². The van der Waals surface area contributed by atoms with E-state index in [-0.39, 0.29) is 6.04 Å². The van der Waals surface area contributed by atoms with Gasteiger partial charge in [0.15, 0.2) is 0 Å². The van der Waals surface area contributed by atoms with Gasteiger partial charge in [0, 0.05) is 34.7 Å². The van der Waals surface area contributed by atoms with Gasteiger partial charge in [-0.3, -0.25) is 4.90 Å². The number of hydrogen-bond acceptors (Lipinski definition) is 3. The highest BCUT2D eigenvalue weighted by molar-refractivity contribution is 9.10. The standard InChI is InChI=1S/C13H18BrClN2O/c1-17(10-4-5-18-8-10)13(7-16)11-6-9(15)2-3-12(11)14/h2-3,6,10,13H,4-5,7-8,16H2,1H3. The third-order valence-electron chi connectivity index (χ3n) is 3.51. The average Bonchev–Trinajstić information content (AvgIpc) is 2.88. The molecular weight excluding hydrogens is 316 g/mol. The Hall–Kier alpha value is -0.130. The van der Waals surface area contributed by atoms with Gasteiger partial charge >= 0.3 is 0 Å². The normalized spacial score (nSPS) is 21.5. The molecule has 100 valence electrons. The molecule has 2 rings (SSSR count). The van der Waals surface area contributed by atoms with Crippen LogP contribution >= 0.6 is 27.5 Å². The Morgan fingerprint density at radius 2 is 2.39 bits per heavy atom. The van der Waals surface area contributed by atoms with Crippen LogP contribution in [0.3, 0.4) is 0 Å². The van der Waals surface area contributed by atoms with E-state index in [4.69, 9.17) is 22.1 Å². The number of nitrogens with zero attached hydrogens (tertiary/aromatic N) is 1. The van der Waals surface area contributed by atoms with E-state index in [0.29, 0.717) is 12.6 Å². The molecule has 0 radical (unpaired) electrons. The zero-order valence-corrected chi connectivity index (χ0v) is 12.7. The highest BCUT2D eigenvalue weighted by atomic mass is 79.9. The van der Waals surface area contributed by atoms with E-state index in [2.05, 4.69) is 27.9 Å². The van der Waals surface area contributed by atoms with Crippen LogP contribution in [0.2, 0.25) is 5.02 Å². The fraction of sp³-hybridized carbons (Fsp3) is 0.538. The van der Waals surface area contributed by atoms with Gasteiger partial charge in [-0.25, -0.2) is 0 Å². The van der Waals surface area contributed by atoms with Crippen molar-refractivity contribution in [2.24, 2.45) is 5.73 Å². The van der Waals surface area contributed by atoms with Gasteiger partial charge in [-0.05, 0) is 37.2 Å². The smallest absolute Gasteiger partial charge is 0.0622 e. The van der Waals surface area contributed by atoms with E-state index in [1.54, 1.807) is 0 Å². The quantitative estimate of drug-likeness (QED) is 0.921. The molecule has 0 saturated carbocycles. The summed E-state index contributed by atoms with van der Waals surface area (Å²) in [4.78, 5) is 2.30. The number of nitrogens with two attached hydrogens (primary N) is 1. The summed E-state index contributed by atoms with van der Waals surface area (Å²) in [5.74, 6) is 0. The molecule has 1 saturated heterocycles. The molecule has 0 aliphatic carbocycles. The number of hydrogen-bond donors (Lipinski definition) is 1. The van der Waals surface area contributed by atoms with Crippen molar-refractivity contribution >= 4 is 27.5 Å². The van der Waals surface area contributed by atoms with E-state index >= 15 is 0 Å². The molecule has 1 heterocycles. The highest BCUT2D eigenvalue weighted by Gasteiger charge is 2.27. The molecular formula is C13H18BrClN2O. The zero-order valence-electron chi connectivity index (χ0n) is 10.4. The Labute approximate surface area is 121 Å². The lowest BCUT2D eigenvalue weighted by molar-refractivity contribution is 0.134. The Morgan fingerprint density at radius 1 is 1.61 bits per heavy atom. The minimum atomic E-state index is 0.157. The maximum absolute atomic E-state index is 6.08. The van der Waals surface area contributed by atoms with Crippen molar-refractivity contribution < 1.29 is 4.74 Å². The van der Waals surface area contributed by atoms with E-state index in [1.807, 2.05) is 18.2 Å². The first kappa shape index (κ1) is 14.3. The molecule has 18 heavy (non-hydrogen) atoms. The predicted molar refractivity (Wildman–Crippen MR) is 77.9 cm³/mol. The van der Waals surface area contributed by atoms with Crippen molar-refractivity contribution in [3.63, 3.8) is 0 Å². The fourth-order valence-corrected chi connectivity index (χ4v) is 3.07. The van der Waals surface area contributed by atoms with Crippen LogP contribution in [-0.2, 0) is 4.74 Å². The third-order valence-corrected chi connectivity index (χ3v) is 4.47. The van der Waals surface area contributed by atoms with Crippen LogP contribution < -0.4 is 5.73 Å². The van der Waals surface area contributed by atoms with Gasteiger partial charge in [0.25, 0.3) is 0 Å². The van der Waals surface area contributed by atoms with Crippen LogP contribution in [0.15, 0.2) is 22.7 Å². The first-order valence-electron chi connectivity index (χ1n) is 6.08. The summed E-state index contributed by atoms with van der Waals surface area (Å²) in [5, 5.41) is 0.739. The fourth-order valence-electron chi connectivity index (χ4n) is 2.38. The zero-order chi connectivity index (χ0) is 13.1. The van der Waals surface area contributed by atoms with Crippen molar-refractivity contribution in [3.8, 4) is 0 Å². The number of ether oxygens (including phenoxy) is 1. The molecule has 0 aromatic heterocycles. The monoisotopic (exact) mass is 332 g/mol. The van der Waals surface area contributed by atoms with Crippen LogP contribution in [0.25, 0.3) is 0 Å². The van der Waals surface area contributed by atoms with Crippen molar-refractivity contribution in [3.05, 3.63) is 33.3 Å². The van der Waals surface area contributed by atoms with Crippen LogP contribution in [0.4, 0.5) is 0 Å². The van der Waals surface area contributed by atoms with E-state index in [1.165, 1.54) is 0 Å². The number of benzene rings is 1. The van der Waals surface area contributed by atoms with Gasteiger partial charge in [-0.2, -0.15) is 0 Å². The molecule has 2 atom stereocenters. The van der Waals surface area contributed by atoms with Gasteiger partial charge in [-0.15, -0.1) is 0 Å². The minimum absolute atomic E-state index is 0.157. The highest BCUT2D eigenvalue weighted by Crippen LogP contribution is 2.31. The first-order chi connectivity index (χ1) is 8.63. The minimum Gasteiger partial charge on any atom is -0.380 e. The lowest BCUT2D eigenvalue weighted by Gasteiger charge is -2.32. The summed E-state index contributed by atoms with van der Waals surface area (Å²) in [5.41, 5.74) is 7.08. The molecule has 5 heteroatoms. The molecule has 0 bridgehead atoms. The molecule has 0 amide bonds. The van der Waals surface area contributed by atoms with E-state index in [0.717, 1.165) is 34.7 Å². The third kappa shape index (κ3) is 3.06. The largest absolute Gasteiger partial charge is 0.380 e. The summed E-state index contributed by atoms with van der Waals surface area (Å²) < 4.78 is 6.49. The van der Waals surface area contributed by atoms with Gasteiger partial charge in [0.05, 0.1) is 6.61 Å². The molecule has 1 fully saturated rings. The summed E-state index contributed by atoms with van der Waals surface area (Å²) in [6.45, 7) is 2.18. The molecule has 2 N–H and O–H groups in total. The van der Waals surface area contributed by atoms with Crippen molar-refractivity contribution in [2.75, 3.05) is 26.8 Å². The topological polar surface area (TPSA) is 38.5 Å². The molecule has 1 aromatic rings. The van der Waals surface area contributed by atoms with Crippen LogP contribution in [0.1, 0.15) is 18.0 Å². The number of rotatable bonds is 4. The Bertz CT molecular complexity index is 410. The van der Waals surface area contributed by atoms with Crippen LogP contribution in [0.5, 0.6) is 0 Å². The van der Waals surface area contributed by atoms with E-state index in [9.17, 15) is 0 Å². The summed E-state index contributed by atoms with van der Waals surface area (Å²) in [7, 11) is 2.10. The maximum Gasteiger partial charge on any atom is 0.0622 e. The molecule has 1 aliphatic rings. The second kappa shape index (κ2) is 6.35. The number of likely N-dealkylation sites (N-methyl/N-ethyl adjacent to an activating group) is 1.